The van der Waals surface area contributed by atoms with E-state index in [1.807, 2.05) is 0 Å². The highest BCUT2D eigenvalue weighted by Gasteiger charge is 2.16. The van der Waals surface area contributed by atoms with Crippen molar-refractivity contribution in [2.45, 2.75) is 18.7 Å². The summed E-state index contributed by atoms with van der Waals surface area (Å²) in [6.45, 7) is 3.94. The minimum atomic E-state index is -3.72. The molecule has 0 saturated heterocycles. The van der Waals surface area contributed by atoms with Gasteiger partial charge in [0.2, 0.25) is 15.9 Å². The molecule has 0 aliphatic heterocycles. The van der Waals surface area contributed by atoms with E-state index in [2.05, 4.69) is 21.9 Å². The van der Waals surface area contributed by atoms with Gasteiger partial charge in [0.1, 0.15) is 0 Å². The lowest BCUT2D eigenvalue weighted by Crippen LogP contribution is -2.36. The Morgan fingerprint density at radius 2 is 2.10 bits per heavy atom. The SMILES string of the molecule is CCNC(=O)CNS(=O)(=O)c1ccc(C#CCN)c(C)c1. The fourth-order valence-electron chi connectivity index (χ4n) is 1.59. The average molecular weight is 309 g/mol. The molecule has 0 bridgehead atoms. The first-order valence-corrected chi connectivity index (χ1v) is 7.95. The van der Waals surface area contributed by atoms with Gasteiger partial charge in [0.15, 0.2) is 0 Å². The molecule has 4 N–H and O–H groups in total. The van der Waals surface area contributed by atoms with Crippen LogP contribution in [0.25, 0.3) is 0 Å². The maximum atomic E-state index is 12.1. The topological polar surface area (TPSA) is 101 Å². The predicted octanol–water partition coefficient (Wildman–Crippen LogP) is -0.280. The van der Waals surface area contributed by atoms with E-state index in [1.165, 1.54) is 12.1 Å². The fourth-order valence-corrected chi connectivity index (χ4v) is 2.66. The van der Waals surface area contributed by atoms with Crippen molar-refractivity contribution in [3.05, 3.63) is 29.3 Å². The molecule has 1 aromatic rings. The van der Waals surface area contributed by atoms with E-state index in [4.69, 9.17) is 5.73 Å². The zero-order valence-corrected chi connectivity index (χ0v) is 12.9. The normalized spacial score (nSPS) is 10.6. The first-order chi connectivity index (χ1) is 9.90. The van der Waals surface area contributed by atoms with Crippen molar-refractivity contribution in [1.82, 2.24) is 10.0 Å². The molecule has 21 heavy (non-hydrogen) atoms. The summed E-state index contributed by atoms with van der Waals surface area (Å²) >= 11 is 0. The van der Waals surface area contributed by atoms with Gasteiger partial charge in [-0.2, -0.15) is 0 Å². The van der Waals surface area contributed by atoms with Crippen molar-refractivity contribution < 1.29 is 13.2 Å². The first-order valence-electron chi connectivity index (χ1n) is 6.46. The molecule has 0 atom stereocenters. The molecule has 0 radical (unpaired) electrons. The third kappa shape index (κ3) is 5.19. The zero-order chi connectivity index (χ0) is 15.9. The van der Waals surface area contributed by atoms with Crippen molar-refractivity contribution in [3.8, 4) is 11.8 Å². The van der Waals surface area contributed by atoms with Gasteiger partial charge in [-0.15, -0.1) is 0 Å². The Morgan fingerprint density at radius 1 is 1.38 bits per heavy atom. The van der Waals surface area contributed by atoms with E-state index in [1.54, 1.807) is 19.9 Å². The Bertz CT molecular complexity index is 672. The van der Waals surface area contributed by atoms with Gasteiger partial charge in [-0.25, -0.2) is 13.1 Å². The number of amides is 1. The number of sulfonamides is 1. The van der Waals surface area contributed by atoms with Crippen LogP contribution in [-0.2, 0) is 14.8 Å². The summed E-state index contributed by atoms with van der Waals surface area (Å²) in [7, 11) is -3.72. The number of aryl methyl sites for hydroxylation is 1. The molecule has 0 fully saturated rings. The van der Waals surface area contributed by atoms with Gasteiger partial charge < -0.3 is 11.1 Å². The summed E-state index contributed by atoms with van der Waals surface area (Å²) in [5.41, 5.74) is 6.76. The highest BCUT2D eigenvalue weighted by atomic mass is 32.2. The van der Waals surface area contributed by atoms with Crippen molar-refractivity contribution in [2.75, 3.05) is 19.6 Å². The summed E-state index contributed by atoms with van der Waals surface area (Å²) < 4.78 is 26.4. The fraction of sp³-hybridized carbons (Fsp3) is 0.357. The van der Waals surface area contributed by atoms with Crippen LogP contribution < -0.4 is 15.8 Å². The smallest absolute Gasteiger partial charge is 0.241 e. The Labute approximate surface area is 125 Å². The largest absolute Gasteiger partial charge is 0.355 e. The third-order valence-corrected chi connectivity index (χ3v) is 4.03. The Morgan fingerprint density at radius 3 is 2.67 bits per heavy atom. The molecule has 0 aliphatic carbocycles. The molecule has 0 unspecified atom stereocenters. The van der Waals surface area contributed by atoms with Gasteiger partial charge in [0.25, 0.3) is 0 Å². The van der Waals surface area contributed by atoms with Crippen molar-refractivity contribution in [1.29, 1.82) is 0 Å². The second kappa shape index (κ2) is 7.78. The predicted molar refractivity (Wildman–Crippen MR) is 81.0 cm³/mol. The Hall–Kier alpha value is -1.88. The van der Waals surface area contributed by atoms with Crippen LogP contribution in [0, 0.1) is 18.8 Å². The minimum absolute atomic E-state index is 0.0996. The second-order valence-electron chi connectivity index (χ2n) is 4.26. The van der Waals surface area contributed by atoms with Gasteiger partial charge >= 0.3 is 0 Å². The summed E-state index contributed by atoms with van der Waals surface area (Å²) in [5.74, 6) is 5.21. The molecule has 0 heterocycles. The van der Waals surface area contributed by atoms with Gasteiger partial charge in [-0.1, -0.05) is 11.8 Å². The molecular weight excluding hydrogens is 290 g/mol. The molecule has 114 valence electrons. The molecule has 1 amide bonds. The van der Waals surface area contributed by atoms with E-state index in [9.17, 15) is 13.2 Å². The number of hydrogen-bond donors (Lipinski definition) is 3. The third-order valence-electron chi connectivity index (χ3n) is 2.63. The lowest BCUT2D eigenvalue weighted by molar-refractivity contribution is -0.119. The maximum Gasteiger partial charge on any atom is 0.241 e. The number of nitrogens with two attached hydrogens (primary N) is 1. The number of nitrogens with one attached hydrogen (secondary N) is 2. The summed E-state index contributed by atoms with van der Waals surface area (Å²) in [4.78, 5) is 11.4. The lowest BCUT2D eigenvalue weighted by Gasteiger charge is -2.08. The van der Waals surface area contributed by atoms with Gasteiger partial charge in [0.05, 0.1) is 18.0 Å². The summed E-state index contributed by atoms with van der Waals surface area (Å²) in [5, 5.41) is 2.52. The van der Waals surface area contributed by atoms with Crippen LogP contribution in [0.15, 0.2) is 23.1 Å². The Kier molecular flexibility index (Phi) is 6.37. The van der Waals surface area contributed by atoms with E-state index in [-0.39, 0.29) is 23.9 Å². The van der Waals surface area contributed by atoms with E-state index in [0.717, 1.165) is 11.1 Å². The van der Waals surface area contributed by atoms with Crippen LogP contribution in [0.4, 0.5) is 0 Å². The van der Waals surface area contributed by atoms with Crippen LogP contribution >= 0.6 is 0 Å². The Balaban J connectivity index is 2.89. The number of carbonyl (C=O) groups excluding carboxylic acids is 1. The van der Waals surface area contributed by atoms with E-state index in [0.29, 0.717) is 6.54 Å². The van der Waals surface area contributed by atoms with Crippen LogP contribution in [0.5, 0.6) is 0 Å². The van der Waals surface area contributed by atoms with Crippen LogP contribution in [0.1, 0.15) is 18.1 Å². The zero-order valence-electron chi connectivity index (χ0n) is 12.1. The highest BCUT2D eigenvalue weighted by molar-refractivity contribution is 7.89. The monoisotopic (exact) mass is 309 g/mol. The average Bonchev–Trinajstić information content (AvgIpc) is 2.44. The number of rotatable bonds is 5. The molecule has 1 rings (SSSR count). The summed E-state index contributed by atoms with van der Waals surface area (Å²) in [6, 6.07) is 4.59. The molecule has 6 nitrogen and oxygen atoms in total. The van der Waals surface area contributed by atoms with Crippen molar-refractivity contribution >= 4 is 15.9 Å². The molecule has 0 aromatic heterocycles. The number of carbonyl (C=O) groups is 1. The van der Waals surface area contributed by atoms with E-state index >= 15 is 0 Å². The van der Waals surface area contributed by atoms with E-state index < -0.39 is 10.0 Å². The van der Waals surface area contributed by atoms with Crippen LogP contribution in [-0.4, -0.2) is 34.0 Å². The van der Waals surface area contributed by atoms with Crippen LogP contribution in [0.3, 0.4) is 0 Å². The minimum Gasteiger partial charge on any atom is -0.355 e. The first kappa shape index (κ1) is 17.2. The van der Waals surface area contributed by atoms with Crippen molar-refractivity contribution in [2.24, 2.45) is 5.73 Å². The highest BCUT2D eigenvalue weighted by Crippen LogP contribution is 2.14. The van der Waals surface area contributed by atoms with Gasteiger partial charge in [-0.3, -0.25) is 4.79 Å². The number of hydrogen-bond acceptors (Lipinski definition) is 4. The number of benzene rings is 1. The summed E-state index contributed by atoms with van der Waals surface area (Å²) in [6.07, 6.45) is 0. The van der Waals surface area contributed by atoms with Gasteiger partial charge in [-0.05, 0) is 37.6 Å². The molecule has 7 heteroatoms. The maximum absolute atomic E-state index is 12.1. The van der Waals surface area contributed by atoms with Crippen LogP contribution in [0.2, 0.25) is 0 Å². The number of likely N-dealkylation sites (N-methyl/N-ethyl adjacent to an activating group) is 1. The molecule has 0 aliphatic rings. The molecule has 0 spiro atoms. The second-order valence-corrected chi connectivity index (χ2v) is 6.03. The standard InChI is InChI=1S/C14H19N3O3S/c1-3-16-14(18)10-17-21(19,20)13-7-6-12(5-4-8-15)11(2)9-13/h6-7,9,17H,3,8,10,15H2,1-2H3,(H,16,18). The molecular formula is C14H19N3O3S. The lowest BCUT2D eigenvalue weighted by atomic mass is 10.1. The quantitative estimate of drug-likeness (QED) is 0.651. The molecule has 0 saturated carbocycles. The van der Waals surface area contributed by atoms with Crippen molar-refractivity contribution in [3.63, 3.8) is 0 Å². The van der Waals surface area contributed by atoms with Gasteiger partial charge in [0, 0.05) is 12.1 Å². The molecule has 1 aromatic carbocycles.